The topological polar surface area (TPSA) is 38.9 Å². The molecule has 4 heteroatoms. The minimum absolute atomic E-state index is 0.351. The van der Waals surface area contributed by atoms with Gasteiger partial charge in [-0.15, -0.1) is 0 Å². The van der Waals surface area contributed by atoms with Crippen LogP contribution in [0, 0.1) is 12.7 Å². The number of halogens is 2. The van der Waals surface area contributed by atoms with Crippen LogP contribution in [0.25, 0.3) is 10.9 Å². The van der Waals surface area contributed by atoms with E-state index in [0.29, 0.717) is 21.1 Å². The first-order chi connectivity index (χ1) is 6.61. The first kappa shape index (κ1) is 9.40. The Morgan fingerprint density at radius 1 is 1.50 bits per heavy atom. The van der Waals surface area contributed by atoms with Crippen molar-refractivity contribution >= 4 is 32.5 Å². The number of nitrogens with zero attached hydrogens (tertiary/aromatic N) is 1. The number of rotatable bonds is 0. The zero-order valence-corrected chi connectivity index (χ0v) is 9.10. The third-order valence-electron chi connectivity index (χ3n) is 2.13. The SMILES string of the molecule is Cc1cc(Br)c(F)c2c(N)ccnc12. The molecule has 0 radical (unpaired) electrons. The third kappa shape index (κ3) is 1.26. The quantitative estimate of drug-likeness (QED) is 0.785. The van der Waals surface area contributed by atoms with E-state index in [2.05, 4.69) is 20.9 Å². The van der Waals surface area contributed by atoms with Crippen LogP contribution in [0.3, 0.4) is 0 Å². The molecule has 1 heterocycles. The van der Waals surface area contributed by atoms with Gasteiger partial charge in [0.1, 0.15) is 5.82 Å². The summed E-state index contributed by atoms with van der Waals surface area (Å²) < 4.78 is 14.1. The maximum atomic E-state index is 13.7. The molecule has 2 N–H and O–H groups in total. The number of fused-ring (bicyclic) bond motifs is 1. The molecule has 2 aromatic rings. The van der Waals surface area contributed by atoms with Gasteiger partial charge in [-0.2, -0.15) is 0 Å². The molecule has 0 saturated carbocycles. The first-order valence-corrected chi connectivity index (χ1v) is 4.89. The summed E-state index contributed by atoms with van der Waals surface area (Å²) in [6, 6.07) is 3.29. The van der Waals surface area contributed by atoms with Gasteiger partial charge in [0.15, 0.2) is 0 Å². The molecule has 2 nitrogen and oxygen atoms in total. The Balaban J connectivity index is 3.03. The van der Waals surface area contributed by atoms with Crippen molar-refractivity contribution in [3.05, 3.63) is 34.2 Å². The molecule has 0 bridgehead atoms. The monoisotopic (exact) mass is 254 g/mol. The summed E-state index contributed by atoms with van der Waals surface area (Å²) in [5.41, 5.74) is 7.63. The number of aryl methyl sites for hydroxylation is 1. The molecule has 0 aliphatic rings. The van der Waals surface area contributed by atoms with E-state index in [9.17, 15) is 4.39 Å². The van der Waals surface area contributed by atoms with Gasteiger partial charge >= 0.3 is 0 Å². The number of anilines is 1. The van der Waals surface area contributed by atoms with E-state index in [1.807, 2.05) is 6.92 Å². The molecule has 0 aliphatic carbocycles. The van der Waals surface area contributed by atoms with Crippen LogP contribution in [0.5, 0.6) is 0 Å². The molecule has 14 heavy (non-hydrogen) atoms. The number of nitrogens with two attached hydrogens (primary N) is 1. The highest BCUT2D eigenvalue weighted by Gasteiger charge is 2.11. The fraction of sp³-hybridized carbons (Fsp3) is 0.100. The number of benzene rings is 1. The highest BCUT2D eigenvalue weighted by atomic mass is 79.9. The highest BCUT2D eigenvalue weighted by molar-refractivity contribution is 9.10. The van der Waals surface area contributed by atoms with Crippen molar-refractivity contribution in [1.82, 2.24) is 4.98 Å². The minimum Gasteiger partial charge on any atom is -0.398 e. The molecule has 1 aromatic carbocycles. The predicted molar refractivity (Wildman–Crippen MR) is 58.6 cm³/mol. The van der Waals surface area contributed by atoms with E-state index in [-0.39, 0.29) is 5.82 Å². The second-order valence-electron chi connectivity index (χ2n) is 3.11. The number of aromatic nitrogens is 1. The Morgan fingerprint density at radius 2 is 2.21 bits per heavy atom. The lowest BCUT2D eigenvalue weighted by molar-refractivity contribution is 0.633. The van der Waals surface area contributed by atoms with Crippen LogP contribution < -0.4 is 5.73 Å². The maximum absolute atomic E-state index is 13.7. The van der Waals surface area contributed by atoms with Gasteiger partial charge < -0.3 is 5.73 Å². The Hall–Kier alpha value is -1.16. The van der Waals surface area contributed by atoms with Crippen molar-refractivity contribution in [3.8, 4) is 0 Å². The van der Waals surface area contributed by atoms with Gasteiger partial charge in [-0.25, -0.2) is 4.39 Å². The van der Waals surface area contributed by atoms with E-state index in [0.717, 1.165) is 5.56 Å². The summed E-state index contributed by atoms with van der Waals surface area (Å²) in [7, 11) is 0. The lowest BCUT2D eigenvalue weighted by Gasteiger charge is -2.06. The molecular formula is C10H8BrFN2. The third-order valence-corrected chi connectivity index (χ3v) is 2.71. The number of pyridine rings is 1. The molecule has 0 spiro atoms. The Morgan fingerprint density at radius 3 is 2.93 bits per heavy atom. The van der Waals surface area contributed by atoms with E-state index in [1.54, 1.807) is 18.3 Å². The van der Waals surface area contributed by atoms with Crippen molar-refractivity contribution < 1.29 is 4.39 Å². The Bertz CT molecular complexity index is 511. The molecule has 2 rings (SSSR count). The molecule has 0 saturated heterocycles. The van der Waals surface area contributed by atoms with Crippen LogP contribution in [0.4, 0.5) is 10.1 Å². The summed E-state index contributed by atoms with van der Waals surface area (Å²) in [5, 5.41) is 0.388. The first-order valence-electron chi connectivity index (χ1n) is 4.10. The molecule has 72 valence electrons. The molecule has 0 fully saturated rings. The van der Waals surface area contributed by atoms with Crippen molar-refractivity contribution in [2.45, 2.75) is 6.92 Å². The van der Waals surface area contributed by atoms with E-state index < -0.39 is 0 Å². The Labute approximate surface area is 89.1 Å². The fourth-order valence-electron chi connectivity index (χ4n) is 1.45. The van der Waals surface area contributed by atoms with Crippen molar-refractivity contribution in [2.75, 3.05) is 5.73 Å². The van der Waals surface area contributed by atoms with E-state index in [4.69, 9.17) is 5.73 Å². The zero-order valence-electron chi connectivity index (χ0n) is 7.51. The largest absolute Gasteiger partial charge is 0.398 e. The molecular weight excluding hydrogens is 247 g/mol. The van der Waals surface area contributed by atoms with Crippen LogP contribution in [-0.4, -0.2) is 4.98 Å². The second-order valence-corrected chi connectivity index (χ2v) is 3.97. The smallest absolute Gasteiger partial charge is 0.148 e. The summed E-state index contributed by atoms with van der Waals surface area (Å²) >= 11 is 3.14. The van der Waals surface area contributed by atoms with E-state index in [1.165, 1.54) is 0 Å². The van der Waals surface area contributed by atoms with Gasteiger partial charge in [0.05, 0.1) is 15.4 Å². The average molecular weight is 255 g/mol. The number of nitrogen functional groups attached to an aromatic ring is 1. The van der Waals surface area contributed by atoms with Crippen LogP contribution in [0.2, 0.25) is 0 Å². The summed E-state index contributed by atoms with van der Waals surface area (Å²) in [6.07, 6.45) is 1.58. The van der Waals surface area contributed by atoms with Gasteiger partial charge in [0, 0.05) is 11.9 Å². The normalized spacial score (nSPS) is 10.8. The average Bonchev–Trinajstić information content (AvgIpc) is 2.14. The van der Waals surface area contributed by atoms with Gasteiger partial charge in [-0.1, -0.05) is 0 Å². The Kier molecular flexibility index (Phi) is 2.15. The van der Waals surface area contributed by atoms with Crippen LogP contribution >= 0.6 is 15.9 Å². The molecule has 1 aromatic heterocycles. The van der Waals surface area contributed by atoms with Gasteiger partial charge in [0.25, 0.3) is 0 Å². The summed E-state index contributed by atoms with van der Waals surface area (Å²) in [6.45, 7) is 1.87. The van der Waals surface area contributed by atoms with Crippen molar-refractivity contribution in [2.24, 2.45) is 0 Å². The standard InChI is InChI=1S/C10H8BrFN2/c1-5-4-6(11)9(12)8-7(13)2-3-14-10(5)8/h2-4H,1H3,(H2,13,14). The van der Waals surface area contributed by atoms with Crippen LogP contribution in [0.15, 0.2) is 22.8 Å². The summed E-state index contributed by atoms with van der Waals surface area (Å²) in [5.74, 6) is -0.351. The zero-order chi connectivity index (χ0) is 10.3. The van der Waals surface area contributed by atoms with Crippen LogP contribution in [-0.2, 0) is 0 Å². The number of hydrogen-bond donors (Lipinski definition) is 1. The van der Waals surface area contributed by atoms with Gasteiger partial charge in [-0.05, 0) is 40.5 Å². The maximum Gasteiger partial charge on any atom is 0.148 e. The fourth-order valence-corrected chi connectivity index (χ4v) is 1.99. The molecule has 0 amide bonds. The van der Waals surface area contributed by atoms with Gasteiger partial charge in [0.2, 0.25) is 0 Å². The van der Waals surface area contributed by atoms with E-state index >= 15 is 0 Å². The molecule has 0 aliphatic heterocycles. The lowest BCUT2D eigenvalue weighted by Crippen LogP contribution is -1.94. The molecule has 0 unspecified atom stereocenters. The minimum atomic E-state index is -0.351. The van der Waals surface area contributed by atoms with Gasteiger partial charge in [-0.3, -0.25) is 4.98 Å². The predicted octanol–water partition coefficient (Wildman–Crippen LogP) is 3.03. The van der Waals surface area contributed by atoms with Crippen molar-refractivity contribution in [3.63, 3.8) is 0 Å². The van der Waals surface area contributed by atoms with Crippen molar-refractivity contribution in [1.29, 1.82) is 0 Å². The molecule has 0 atom stereocenters. The second kappa shape index (κ2) is 3.20. The highest BCUT2D eigenvalue weighted by Crippen LogP contribution is 2.30. The number of hydrogen-bond acceptors (Lipinski definition) is 2. The summed E-state index contributed by atoms with van der Waals surface area (Å²) in [4.78, 5) is 4.10. The lowest BCUT2D eigenvalue weighted by atomic mass is 10.1. The van der Waals surface area contributed by atoms with Crippen LogP contribution in [0.1, 0.15) is 5.56 Å².